The van der Waals surface area contributed by atoms with Gasteiger partial charge in [0.05, 0.1) is 22.5 Å². The molecule has 13 heteroatoms. The number of carboxylic acids is 1. The van der Waals surface area contributed by atoms with Crippen molar-refractivity contribution in [2.45, 2.75) is 18.0 Å². The molecule has 8 nitrogen and oxygen atoms in total. The first-order valence-electron chi connectivity index (χ1n) is 9.70. The maximum absolute atomic E-state index is 14.2. The van der Waals surface area contributed by atoms with Crippen LogP contribution in [-0.4, -0.2) is 46.3 Å². The minimum atomic E-state index is -5.08. The number of alkyl halides is 3. The quantitative estimate of drug-likeness (QED) is 0.397. The van der Waals surface area contributed by atoms with Gasteiger partial charge in [-0.05, 0) is 36.8 Å². The smallest absolute Gasteiger partial charge is 0.475 e. The fourth-order valence-electron chi connectivity index (χ4n) is 3.12. The van der Waals surface area contributed by atoms with Gasteiger partial charge >= 0.3 is 12.1 Å². The van der Waals surface area contributed by atoms with Gasteiger partial charge in [-0.1, -0.05) is 18.2 Å². The number of carboxylic acid groups (broad SMARTS) is 1. The number of benzene rings is 2. The van der Waals surface area contributed by atoms with Crippen molar-refractivity contribution in [1.29, 1.82) is 0 Å². The highest BCUT2D eigenvalue weighted by Crippen LogP contribution is 2.30. The van der Waals surface area contributed by atoms with Gasteiger partial charge in [0.2, 0.25) is 0 Å². The maximum atomic E-state index is 14.2. The Balaban J connectivity index is 0.000000429. The Hall–Kier alpha value is -4.00. The van der Waals surface area contributed by atoms with E-state index in [1.165, 1.54) is 6.07 Å². The van der Waals surface area contributed by atoms with Gasteiger partial charge < -0.3 is 10.8 Å². The number of aryl methyl sites for hydroxylation is 1. The summed E-state index contributed by atoms with van der Waals surface area (Å²) in [6.07, 6.45) is -0.667. The minimum Gasteiger partial charge on any atom is -0.475 e. The van der Waals surface area contributed by atoms with Crippen molar-refractivity contribution in [3.63, 3.8) is 0 Å². The highest BCUT2D eigenvalue weighted by Gasteiger charge is 2.38. The Morgan fingerprint density at radius 1 is 1.11 bits per heavy atom. The van der Waals surface area contributed by atoms with Gasteiger partial charge in [-0.2, -0.15) is 13.2 Å². The fraction of sp³-hybridized carbons (Fsp3) is 0.136. The zero-order valence-electron chi connectivity index (χ0n) is 18.2. The number of imidazole rings is 1. The van der Waals surface area contributed by atoms with E-state index in [9.17, 15) is 26.0 Å². The number of hydrogen-bond donors (Lipinski definition) is 2. The van der Waals surface area contributed by atoms with Gasteiger partial charge in [0, 0.05) is 23.6 Å². The van der Waals surface area contributed by atoms with Crippen LogP contribution in [0.25, 0.3) is 28.2 Å². The molecule has 4 aromatic rings. The number of anilines is 1. The molecule has 2 aromatic carbocycles. The first kappa shape index (κ1) is 25.6. The number of aliphatic carboxylic acids is 1. The second-order valence-electron chi connectivity index (χ2n) is 7.38. The van der Waals surface area contributed by atoms with Crippen LogP contribution in [0.1, 0.15) is 5.56 Å². The summed E-state index contributed by atoms with van der Waals surface area (Å²) in [4.78, 5) is 17.7. The standard InChI is InChI=1S/C20H17FN4O2S.C2HF3O2/c1-12-7-8-13(28(2,26)27)9-15(12)18-10-23-20-19(22)24-17(11-25(18)20)14-5-3-4-6-16(14)21;3-2(4,5)1(6)7/h3-11H,1-2H3,(H2,22,24);(H,6,7). The third-order valence-corrected chi connectivity index (χ3v) is 5.93. The molecule has 0 aliphatic heterocycles. The Kier molecular flexibility index (Phi) is 6.83. The number of nitrogen functional groups attached to an aromatic ring is 1. The summed E-state index contributed by atoms with van der Waals surface area (Å²) < 4.78 is 71.6. The van der Waals surface area contributed by atoms with Crippen molar-refractivity contribution in [3.05, 3.63) is 66.2 Å². The second kappa shape index (κ2) is 9.33. The zero-order chi connectivity index (χ0) is 26.1. The predicted molar refractivity (Wildman–Crippen MR) is 120 cm³/mol. The van der Waals surface area contributed by atoms with E-state index in [0.717, 1.165) is 11.8 Å². The summed E-state index contributed by atoms with van der Waals surface area (Å²) in [5, 5.41) is 7.12. The third kappa shape index (κ3) is 5.57. The molecule has 35 heavy (non-hydrogen) atoms. The molecular formula is C22H18F4N4O4S. The lowest BCUT2D eigenvalue weighted by atomic mass is 10.1. The summed E-state index contributed by atoms with van der Waals surface area (Å²) in [5.41, 5.74) is 9.36. The molecule has 0 unspecified atom stereocenters. The number of fused-ring (bicyclic) bond motifs is 1. The summed E-state index contributed by atoms with van der Waals surface area (Å²) in [6.45, 7) is 1.88. The number of carbonyl (C=O) groups is 1. The third-order valence-electron chi connectivity index (χ3n) is 4.82. The van der Waals surface area contributed by atoms with Gasteiger partial charge in [0.15, 0.2) is 21.3 Å². The fourth-order valence-corrected chi connectivity index (χ4v) is 3.76. The average Bonchev–Trinajstić information content (AvgIpc) is 3.18. The molecule has 2 heterocycles. The van der Waals surface area contributed by atoms with Gasteiger partial charge in [-0.3, -0.25) is 4.40 Å². The lowest BCUT2D eigenvalue weighted by Gasteiger charge is -2.10. The molecule has 0 saturated carbocycles. The van der Waals surface area contributed by atoms with E-state index in [1.807, 2.05) is 6.92 Å². The van der Waals surface area contributed by atoms with Crippen molar-refractivity contribution in [2.24, 2.45) is 0 Å². The van der Waals surface area contributed by atoms with E-state index in [2.05, 4.69) is 9.97 Å². The van der Waals surface area contributed by atoms with Crippen molar-refractivity contribution in [3.8, 4) is 22.5 Å². The lowest BCUT2D eigenvalue weighted by Crippen LogP contribution is -2.21. The average molecular weight is 510 g/mol. The molecule has 184 valence electrons. The van der Waals surface area contributed by atoms with Crippen LogP contribution in [0, 0.1) is 12.7 Å². The van der Waals surface area contributed by atoms with E-state index < -0.39 is 27.8 Å². The summed E-state index contributed by atoms with van der Waals surface area (Å²) in [6, 6.07) is 11.2. The minimum absolute atomic E-state index is 0.156. The van der Waals surface area contributed by atoms with Gasteiger partial charge in [-0.25, -0.2) is 27.6 Å². The summed E-state index contributed by atoms with van der Waals surface area (Å²) >= 11 is 0. The number of nitrogens with two attached hydrogens (primary N) is 1. The molecule has 0 spiro atoms. The molecule has 4 rings (SSSR count). The molecular weight excluding hydrogens is 492 g/mol. The van der Waals surface area contributed by atoms with E-state index >= 15 is 0 Å². The van der Waals surface area contributed by atoms with E-state index in [1.54, 1.807) is 53.2 Å². The number of sulfone groups is 1. The lowest BCUT2D eigenvalue weighted by molar-refractivity contribution is -0.192. The number of rotatable bonds is 3. The topological polar surface area (TPSA) is 128 Å². The Labute approximate surface area is 196 Å². The Morgan fingerprint density at radius 3 is 2.31 bits per heavy atom. The van der Waals surface area contributed by atoms with Gasteiger partial charge in [-0.15, -0.1) is 0 Å². The van der Waals surface area contributed by atoms with Gasteiger partial charge in [0.25, 0.3) is 0 Å². The SMILES string of the molecule is Cc1ccc(S(C)(=O)=O)cc1-c1cnc2c(N)nc(-c3ccccc3F)cn12.O=C(O)C(F)(F)F. The second-order valence-corrected chi connectivity index (χ2v) is 9.40. The van der Waals surface area contributed by atoms with Crippen LogP contribution in [-0.2, 0) is 14.6 Å². The van der Waals surface area contributed by atoms with Crippen LogP contribution < -0.4 is 5.73 Å². The van der Waals surface area contributed by atoms with Gasteiger partial charge in [0.1, 0.15) is 5.82 Å². The van der Waals surface area contributed by atoms with E-state index in [4.69, 9.17) is 15.6 Å². The highest BCUT2D eigenvalue weighted by atomic mass is 32.2. The highest BCUT2D eigenvalue weighted by molar-refractivity contribution is 7.90. The van der Waals surface area contributed by atoms with E-state index in [0.29, 0.717) is 28.2 Å². The summed E-state index contributed by atoms with van der Waals surface area (Å²) in [7, 11) is -3.37. The number of aromatic nitrogens is 3. The molecule has 3 N–H and O–H groups in total. The van der Waals surface area contributed by atoms with Crippen LogP contribution in [0.4, 0.5) is 23.4 Å². The molecule has 2 aromatic heterocycles. The first-order valence-corrected chi connectivity index (χ1v) is 11.6. The molecule has 0 bridgehead atoms. The molecule has 0 atom stereocenters. The normalized spacial score (nSPS) is 11.7. The number of hydrogen-bond acceptors (Lipinski definition) is 6. The predicted octanol–water partition coefficient (Wildman–Crippen LogP) is 4.13. The maximum Gasteiger partial charge on any atom is 0.490 e. The van der Waals surface area contributed by atoms with Crippen LogP contribution >= 0.6 is 0 Å². The largest absolute Gasteiger partial charge is 0.490 e. The van der Waals surface area contributed by atoms with Crippen molar-refractivity contribution in [2.75, 3.05) is 12.0 Å². The number of nitrogens with zero attached hydrogens (tertiary/aromatic N) is 3. The Morgan fingerprint density at radius 2 is 1.74 bits per heavy atom. The van der Waals surface area contributed by atoms with Crippen LogP contribution in [0.5, 0.6) is 0 Å². The van der Waals surface area contributed by atoms with Crippen molar-refractivity contribution >= 4 is 27.3 Å². The van der Waals surface area contributed by atoms with Crippen molar-refractivity contribution in [1.82, 2.24) is 14.4 Å². The van der Waals surface area contributed by atoms with Crippen LogP contribution in [0.2, 0.25) is 0 Å². The molecule has 0 radical (unpaired) electrons. The molecule has 0 saturated heterocycles. The molecule has 0 fully saturated rings. The van der Waals surface area contributed by atoms with E-state index in [-0.39, 0.29) is 10.7 Å². The monoisotopic (exact) mass is 510 g/mol. The van der Waals surface area contributed by atoms with Crippen molar-refractivity contribution < 1.29 is 35.9 Å². The zero-order valence-corrected chi connectivity index (χ0v) is 19.0. The van der Waals surface area contributed by atoms with Crippen LogP contribution in [0.15, 0.2) is 59.8 Å². The number of halogens is 4. The Bertz CT molecular complexity index is 1530. The molecule has 0 aliphatic carbocycles. The molecule has 0 aliphatic rings. The first-order chi connectivity index (χ1) is 16.2. The summed E-state index contributed by atoms with van der Waals surface area (Å²) in [5.74, 6) is -3.01. The van der Waals surface area contributed by atoms with Crippen LogP contribution in [0.3, 0.4) is 0 Å². The molecule has 0 amide bonds.